The first-order valence-corrected chi connectivity index (χ1v) is 6.38. The molecule has 1 aromatic heterocycles. The first kappa shape index (κ1) is 14.7. The Balaban J connectivity index is 2.68. The van der Waals surface area contributed by atoms with Crippen LogP contribution in [0.4, 0.5) is 0 Å². The number of carboxylic acid groups (broad SMARTS) is 1. The highest BCUT2D eigenvalue weighted by Crippen LogP contribution is 2.13. The highest BCUT2D eigenvalue weighted by atomic mass is 16.4. The molecule has 0 aromatic carbocycles. The Morgan fingerprint density at radius 1 is 1.56 bits per heavy atom. The van der Waals surface area contributed by atoms with E-state index < -0.39 is 11.5 Å². The Morgan fingerprint density at radius 2 is 2.22 bits per heavy atom. The van der Waals surface area contributed by atoms with Gasteiger partial charge in [0.25, 0.3) is 0 Å². The standard InChI is InChI=1S/C13H23N3O2/c1-5-7-14-13(4,12(17)18)6-8-16-11(3)9-10(2)15-16/h9,14H,5-8H2,1-4H3,(H,17,18). The lowest BCUT2D eigenvalue weighted by Gasteiger charge is -2.26. The molecule has 5 nitrogen and oxygen atoms in total. The number of carboxylic acids is 1. The second-order valence-electron chi connectivity index (χ2n) is 4.96. The minimum Gasteiger partial charge on any atom is -0.480 e. The highest BCUT2D eigenvalue weighted by molar-refractivity contribution is 5.78. The van der Waals surface area contributed by atoms with Gasteiger partial charge in [-0.05, 0) is 46.2 Å². The number of hydrogen-bond donors (Lipinski definition) is 2. The molecule has 0 fully saturated rings. The maximum Gasteiger partial charge on any atom is 0.323 e. The number of aryl methyl sites for hydroxylation is 3. The van der Waals surface area contributed by atoms with Gasteiger partial charge in [-0.25, -0.2) is 0 Å². The summed E-state index contributed by atoms with van der Waals surface area (Å²) >= 11 is 0. The lowest BCUT2D eigenvalue weighted by atomic mass is 9.98. The number of nitrogens with one attached hydrogen (secondary N) is 1. The van der Waals surface area contributed by atoms with Crippen molar-refractivity contribution in [2.24, 2.45) is 0 Å². The summed E-state index contributed by atoms with van der Waals surface area (Å²) in [6.45, 7) is 9.00. The van der Waals surface area contributed by atoms with Crippen LogP contribution in [-0.4, -0.2) is 32.9 Å². The average Bonchev–Trinajstić information content (AvgIpc) is 2.62. The summed E-state index contributed by atoms with van der Waals surface area (Å²) in [5.74, 6) is -0.808. The molecule has 18 heavy (non-hydrogen) atoms. The van der Waals surface area contributed by atoms with Gasteiger partial charge < -0.3 is 10.4 Å². The molecule has 0 radical (unpaired) electrons. The molecule has 2 N–H and O–H groups in total. The molecular weight excluding hydrogens is 230 g/mol. The Kier molecular flexibility index (Phi) is 4.90. The minimum absolute atomic E-state index is 0.518. The Bertz CT molecular complexity index is 414. The molecule has 1 heterocycles. The van der Waals surface area contributed by atoms with E-state index >= 15 is 0 Å². The van der Waals surface area contributed by atoms with Crippen molar-refractivity contribution in [3.8, 4) is 0 Å². The Labute approximate surface area is 108 Å². The molecule has 0 amide bonds. The third-order valence-electron chi connectivity index (χ3n) is 3.16. The van der Waals surface area contributed by atoms with Crippen molar-refractivity contribution in [1.82, 2.24) is 15.1 Å². The largest absolute Gasteiger partial charge is 0.480 e. The van der Waals surface area contributed by atoms with Crippen molar-refractivity contribution in [2.45, 2.75) is 52.6 Å². The highest BCUT2D eigenvalue weighted by Gasteiger charge is 2.32. The van der Waals surface area contributed by atoms with Crippen molar-refractivity contribution < 1.29 is 9.90 Å². The van der Waals surface area contributed by atoms with Gasteiger partial charge in [0.05, 0.1) is 5.69 Å². The average molecular weight is 253 g/mol. The summed E-state index contributed by atoms with van der Waals surface area (Å²) in [6, 6.07) is 2.00. The van der Waals surface area contributed by atoms with Gasteiger partial charge in [-0.3, -0.25) is 9.48 Å². The van der Waals surface area contributed by atoms with E-state index in [1.54, 1.807) is 6.92 Å². The third kappa shape index (κ3) is 3.57. The fourth-order valence-electron chi connectivity index (χ4n) is 1.90. The molecule has 1 atom stereocenters. The van der Waals surface area contributed by atoms with E-state index in [-0.39, 0.29) is 0 Å². The van der Waals surface area contributed by atoms with Crippen molar-refractivity contribution in [1.29, 1.82) is 0 Å². The minimum atomic E-state index is -0.887. The smallest absolute Gasteiger partial charge is 0.323 e. The van der Waals surface area contributed by atoms with Crippen LogP contribution >= 0.6 is 0 Å². The van der Waals surface area contributed by atoms with Gasteiger partial charge in [-0.15, -0.1) is 0 Å². The number of aromatic nitrogens is 2. The molecule has 0 aliphatic carbocycles. The SMILES string of the molecule is CCCNC(C)(CCn1nc(C)cc1C)C(=O)O. The quantitative estimate of drug-likeness (QED) is 0.776. The third-order valence-corrected chi connectivity index (χ3v) is 3.16. The number of hydrogen-bond acceptors (Lipinski definition) is 3. The van der Waals surface area contributed by atoms with Gasteiger partial charge in [-0.1, -0.05) is 6.92 Å². The zero-order chi connectivity index (χ0) is 13.8. The van der Waals surface area contributed by atoms with Gasteiger partial charge in [-0.2, -0.15) is 5.10 Å². The van der Waals surface area contributed by atoms with E-state index in [4.69, 9.17) is 0 Å². The maximum absolute atomic E-state index is 11.3. The van der Waals surface area contributed by atoms with Gasteiger partial charge in [0.2, 0.25) is 0 Å². The molecule has 0 saturated heterocycles. The number of aliphatic carboxylic acids is 1. The molecular formula is C13H23N3O2. The maximum atomic E-state index is 11.3. The topological polar surface area (TPSA) is 67.2 Å². The number of nitrogens with zero attached hydrogens (tertiary/aromatic N) is 2. The zero-order valence-electron chi connectivity index (χ0n) is 11.7. The van der Waals surface area contributed by atoms with Crippen LogP contribution < -0.4 is 5.32 Å². The molecule has 0 aliphatic heterocycles. The van der Waals surface area contributed by atoms with Crippen LogP contribution in [0.1, 0.15) is 38.1 Å². The molecule has 0 saturated carbocycles. The molecule has 1 aromatic rings. The van der Waals surface area contributed by atoms with E-state index in [9.17, 15) is 9.90 Å². The van der Waals surface area contributed by atoms with Crippen LogP contribution in [0.2, 0.25) is 0 Å². The Morgan fingerprint density at radius 3 is 2.67 bits per heavy atom. The first-order chi connectivity index (χ1) is 8.39. The van der Waals surface area contributed by atoms with E-state index in [0.29, 0.717) is 19.5 Å². The number of carbonyl (C=O) groups is 1. The van der Waals surface area contributed by atoms with E-state index in [2.05, 4.69) is 10.4 Å². The molecule has 0 bridgehead atoms. The van der Waals surface area contributed by atoms with Crippen LogP contribution in [0.25, 0.3) is 0 Å². The summed E-state index contributed by atoms with van der Waals surface area (Å²) in [5.41, 5.74) is 1.14. The predicted molar refractivity (Wildman–Crippen MR) is 70.7 cm³/mol. The normalized spacial score (nSPS) is 14.4. The summed E-state index contributed by atoms with van der Waals surface area (Å²) in [6.07, 6.45) is 1.44. The lowest BCUT2D eigenvalue weighted by molar-refractivity contribution is -0.144. The summed E-state index contributed by atoms with van der Waals surface area (Å²) < 4.78 is 1.87. The van der Waals surface area contributed by atoms with E-state index in [0.717, 1.165) is 17.8 Å². The summed E-state index contributed by atoms with van der Waals surface area (Å²) in [4.78, 5) is 11.3. The Hall–Kier alpha value is -1.36. The molecule has 1 rings (SSSR count). The van der Waals surface area contributed by atoms with E-state index in [1.165, 1.54) is 0 Å². The second-order valence-corrected chi connectivity index (χ2v) is 4.96. The predicted octanol–water partition coefficient (Wildman–Crippen LogP) is 1.73. The van der Waals surface area contributed by atoms with Gasteiger partial charge in [0, 0.05) is 12.2 Å². The first-order valence-electron chi connectivity index (χ1n) is 6.38. The van der Waals surface area contributed by atoms with Gasteiger partial charge in [0.1, 0.15) is 5.54 Å². The van der Waals surface area contributed by atoms with Crippen LogP contribution in [-0.2, 0) is 11.3 Å². The van der Waals surface area contributed by atoms with Crippen LogP contribution in [0.5, 0.6) is 0 Å². The molecule has 102 valence electrons. The van der Waals surface area contributed by atoms with Crippen molar-refractivity contribution >= 4 is 5.97 Å². The lowest BCUT2D eigenvalue weighted by Crippen LogP contribution is -2.50. The van der Waals surface area contributed by atoms with E-state index in [1.807, 2.05) is 31.5 Å². The molecule has 0 aliphatic rings. The van der Waals surface area contributed by atoms with Crippen LogP contribution in [0, 0.1) is 13.8 Å². The van der Waals surface area contributed by atoms with Gasteiger partial charge >= 0.3 is 5.97 Å². The van der Waals surface area contributed by atoms with Crippen molar-refractivity contribution in [2.75, 3.05) is 6.54 Å². The zero-order valence-corrected chi connectivity index (χ0v) is 11.7. The number of rotatable bonds is 7. The van der Waals surface area contributed by atoms with Crippen molar-refractivity contribution in [3.05, 3.63) is 17.5 Å². The van der Waals surface area contributed by atoms with Crippen LogP contribution in [0.3, 0.4) is 0 Å². The van der Waals surface area contributed by atoms with Crippen LogP contribution in [0.15, 0.2) is 6.07 Å². The molecule has 1 unspecified atom stereocenters. The molecule has 5 heteroatoms. The summed E-state index contributed by atoms with van der Waals surface area (Å²) in [7, 11) is 0. The fourth-order valence-corrected chi connectivity index (χ4v) is 1.90. The second kappa shape index (κ2) is 6.00. The van der Waals surface area contributed by atoms with Gasteiger partial charge in [0.15, 0.2) is 0 Å². The van der Waals surface area contributed by atoms with Crippen molar-refractivity contribution in [3.63, 3.8) is 0 Å². The summed E-state index contributed by atoms with van der Waals surface area (Å²) in [5, 5.41) is 16.8. The fraction of sp³-hybridized carbons (Fsp3) is 0.692. The monoisotopic (exact) mass is 253 g/mol. The molecule has 0 spiro atoms.